The van der Waals surface area contributed by atoms with E-state index in [1.165, 1.54) is 36.1 Å². The Bertz CT molecular complexity index is 1590. The van der Waals surface area contributed by atoms with E-state index >= 15 is 0 Å². The zero-order valence-electron chi connectivity index (χ0n) is 24.0. The van der Waals surface area contributed by atoms with E-state index in [1.807, 2.05) is 12.1 Å². The first kappa shape index (κ1) is 33.1. The maximum atomic E-state index is 14.1. The minimum absolute atomic E-state index is 0.0175. The molecule has 11 nitrogen and oxygen atoms in total. The fourth-order valence-electron chi connectivity index (χ4n) is 5.37. The third-order valence-electron chi connectivity index (χ3n) is 7.42. The number of halogens is 2. The van der Waals surface area contributed by atoms with Crippen molar-refractivity contribution in [3.05, 3.63) is 88.6 Å². The Labute approximate surface area is 260 Å². The molecule has 1 saturated heterocycles. The fraction of sp³-hybridized carbons (Fsp3) is 0.367. The molecule has 0 radical (unpaired) electrons. The molecule has 5 rings (SSSR count). The summed E-state index contributed by atoms with van der Waals surface area (Å²) >= 11 is 6.15. The van der Waals surface area contributed by atoms with Crippen molar-refractivity contribution in [1.82, 2.24) is 19.2 Å². The van der Waals surface area contributed by atoms with Crippen molar-refractivity contribution < 1.29 is 37.3 Å². The minimum atomic E-state index is -3.68. The molecule has 0 amide bonds. The van der Waals surface area contributed by atoms with E-state index in [-0.39, 0.29) is 29.9 Å². The molecule has 2 unspecified atom stereocenters. The lowest BCUT2D eigenvalue weighted by molar-refractivity contribution is -0.134. The summed E-state index contributed by atoms with van der Waals surface area (Å²) < 4.78 is 48.8. The Balaban J connectivity index is 0.000000488. The van der Waals surface area contributed by atoms with Crippen molar-refractivity contribution in [1.29, 1.82) is 0 Å². The third kappa shape index (κ3) is 9.11. The monoisotopic (exact) mass is 648 g/mol. The second-order valence-electron chi connectivity index (χ2n) is 10.6. The highest BCUT2D eigenvalue weighted by atomic mass is 35.5. The van der Waals surface area contributed by atoms with Crippen LogP contribution in [0.15, 0.2) is 66.1 Å². The van der Waals surface area contributed by atoms with Crippen molar-refractivity contribution in [2.45, 2.75) is 42.7 Å². The number of likely N-dealkylation sites (tertiary alicyclic amines) is 1. The summed E-state index contributed by atoms with van der Waals surface area (Å²) in [4.78, 5) is 25.5. The van der Waals surface area contributed by atoms with Gasteiger partial charge in [0, 0.05) is 48.9 Å². The number of carboxylic acid groups (broad SMARTS) is 2. The van der Waals surface area contributed by atoms with E-state index < -0.39 is 22.0 Å². The number of aromatic nitrogens is 2. The number of nitrogens with one attached hydrogen (secondary N) is 1. The number of fused-ring (bicyclic) bond motifs is 1. The molecule has 0 bridgehead atoms. The SMILES string of the molecule is Cn1cnc(S(=O)(=O)NCCOc2ccc3c(c2)C(Cc2cc(F)cc(Cl)c2)C(N2CCC2)CC3)c1.O=C(O)C=CC(=O)O. The first-order chi connectivity index (χ1) is 20.9. The molecule has 236 valence electrons. The summed E-state index contributed by atoms with van der Waals surface area (Å²) in [6, 6.07) is 11.2. The number of nitrogens with zero attached hydrogens (tertiary/aromatic N) is 3. The molecular weight excluding hydrogens is 615 g/mol. The first-order valence-corrected chi connectivity index (χ1v) is 15.8. The van der Waals surface area contributed by atoms with Crippen LogP contribution in [0.3, 0.4) is 0 Å². The number of carboxylic acids is 2. The van der Waals surface area contributed by atoms with Gasteiger partial charge in [0.15, 0.2) is 5.03 Å². The number of sulfonamides is 1. The smallest absolute Gasteiger partial charge is 0.328 e. The third-order valence-corrected chi connectivity index (χ3v) is 8.98. The lowest BCUT2D eigenvalue weighted by atomic mass is 9.75. The van der Waals surface area contributed by atoms with Gasteiger partial charge in [0.1, 0.15) is 18.2 Å². The maximum absolute atomic E-state index is 14.1. The van der Waals surface area contributed by atoms with E-state index in [9.17, 15) is 22.4 Å². The lowest BCUT2D eigenvalue weighted by Gasteiger charge is -2.45. The van der Waals surface area contributed by atoms with Gasteiger partial charge in [0.2, 0.25) is 0 Å². The number of hydrogen-bond acceptors (Lipinski definition) is 7. The van der Waals surface area contributed by atoms with Crippen LogP contribution in [0.4, 0.5) is 4.39 Å². The highest BCUT2D eigenvalue weighted by Gasteiger charge is 2.36. The van der Waals surface area contributed by atoms with Crippen molar-refractivity contribution in [3.63, 3.8) is 0 Å². The Hall–Kier alpha value is -3.78. The average molecular weight is 649 g/mol. The van der Waals surface area contributed by atoms with Crippen molar-refractivity contribution in [2.75, 3.05) is 26.2 Å². The summed E-state index contributed by atoms with van der Waals surface area (Å²) in [5.74, 6) is -1.95. The number of hydrogen-bond donors (Lipinski definition) is 3. The summed E-state index contributed by atoms with van der Waals surface area (Å²) in [7, 11) is -1.96. The predicted octanol–water partition coefficient (Wildman–Crippen LogP) is 3.63. The van der Waals surface area contributed by atoms with Crippen LogP contribution in [0, 0.1) is 5.82 Å². The van der Waals surface area contributed by atoms with E-state index in [4.69, 9.17) is 26.6 Å². The summed E-state index contributed by atoms with van der Waals surface area (Å²) in [6.45, 7) is 2.49. The van der Waals surface area contributed by atoms with Crippen molar-refractivity contribution >= 4 is 33.6 Å². The second kappa shape index (κ2) is 14.8. The van der Waals surface area contributed by atoms with Crippen molar-refractivity contribution in [3.8, 4) is 5.75 Å². The van der Waals surface area contributed by atoms with Crippen LogP contribution in [0.2, 0.25) is 5.02 Å². The van der Waals surface area contributed by atoms with Crippen LogP contribution in [-0.4, -0.2) is 77.3 Å². The van der Waals surface area contributed by atoms with Gasteiger partial charge in [-0.05, 0) is 85.8 Å². The normalized spacial score (nSPS) is 18.2. The molecule has 3 N–H and O–H groups in total. The molecule has 1 fully saturated rings. The molecule has 1 aromatic heterocycles. The van der Waals surface area contributed by atoms with Gasteiger partial charge in [-0.3, -0.25) is 4.90 Å². The molecule has 14 heteroatoms. The second-order valence-corrected chi connectivity index (χ2v) is 12.7. The summed E-state index contributed by atoms with van der Waals surface area (Å²) in [6.07, 6.45) is 7.97. The minimum Gasteiger partial charge on any atom is -0.492 e. The molecule has 2 heterocycles. The molecule has 2 aromatic carbocycles. The van der Waals surface area contributed by atoms with Crippen LogP contribution >= 0.6 is 11.6 Å². The van der Waals surface area contributed by atoms with E-state index in [0.717, 1.165) is 31.5 Å². The standard InChI is InChI=1S/C26H30ClFN4O3S.C4H4O4/c1-31-16-26(29-17-31)36(33,34)30-7-10-35-22-5-3-19-4-6-25(32-8-2-9-32)24(23(19)15-22)13-18-11-20(27)14-21(28)12-18;5-3(6)1-2-4(7)8/h3,5,11-12,14-17,24-25,30H,2,4,6-10,13H2,1H3;1-2H,(H,5,6)(H,7,8). The van der Waals surface area contributed by atoms with Gasteiger partial charge >= 0.3 is 11.9 Å². The van der Waals surface area contributed by atoms with Crippen LogP contribution in [0.1, 0.15) is 35.4 Å². The average Bonchev–Trinajstić information content (AvgIpc) is 3.37. The van der Waals surface area contributed by atoms with Gasteiger partial charge < -0.3 is 19.5 Å². The quantitative estimate of drug-likeness (QED) is 0.209. The van der Waals surface area contributed by atoms with E-state index in [2.05, 4.69) is 26.7 Å². The van der Waals surface area contributed by atoms with E-state index in [0.29, 0.717) is 35.4 Å². The highest BCUT2D eigenvalue weighted by Crippen LogP contribution is 2.40. The molecule has 3 aromatic rings. The Morgan fingerprint density at radius 2 is 1.89 bits per heavy atom. The van der Waals surface area contributed by atoms with Crippen LogP contribution < -0.4 is 9.46 Å². The van der Waals surface area contributed by atoms with Gasteiger partial charge in [-0.15, -0.1) is 0 Å². The molecule has 0 spiro atoms. The fourth-order valence-corrected chi connectivity index (χ4v) is 6.61. The van der Waals surface area contributed by atoms with Gasteiger partial charge in [0.25, 0.3) is 10.0 Å². The Morgan fingerprint density at radius 1 is 1.16 bits per heavy atom. The number of rotatable bonds is 11. The molecule has 44 heavy (non-hydrogen) atoms. The molecule has 0 saturated carbocycles. The Morgan fingerprint density at radius 3 is 2.48 bits per heavy atom. The van der Waals surface area contributed by atoms with Gasteiger partial charge in [-0.2, -0.15) is 0 Å². The number of aliphatic carboxylic acids is 2. The van der Waals surface area contributed by atoms with Gasteiger partial charge in [-0.1, -0.05) is 17.7 Å². The number of aryl methyl sites for hydroxylation is 2. The van der Waals surface area contributed by atoms with E-state index in [1.54, 1.807) is 17.7 Å². The van der Waals surface area contributed by atoms with Gasteiger partial charge in [-0.25, -0.2) is 32.1 Å². The lowest BCUT2D eigenvalue weighted by Crippen LogP contribution is -2.49. The highest BCUT2D eigenvalue weighted by molar-refractivity contribution is 7.89. The molecule has 2 atom stereocenters. The zero-order valence-corrected chi connectivity index (χ0v) is 25.6. The van der Waals surface area contributed by atoms with Crippen LogP contribution in [0.25, 0.3) is 0 Å². The number of carbonyl (C=O) groups is 2. The van der Waals surface area contributed by atoms with Crippen LogP contribution in [0.5, 0.6) is 5.75 Å². The molecule has 1 aliphatic carbocycles. The Kier molecular flexibility index (Phi) is 11.1. The van der Waals surface area contributed by atoms with Crippen molar-refractivity contribution in [2.24, 2.45) is 7.05 Å². The summed E-state index contributed by atoms with van der Waals surface area (Å²) in [5, 5.41) is 16.0. The molecular formula is C30H34ClFN4O7S. The zero-order chi connectivity index (χ0) is 31.9. The molecule has 2 aliphatic rings. The van der Waals surface area contributed by atoms with Gasteiger partial charge in [0.05, 0.1) is 6.33 Å². The number of ether oxygens (including phenoxy) is 1. The maximum Gasteiger partial charge on any atom is 0.328 e. The number of benzene rings is 2. The number of imidazole rings is 1. The van der Waals surface area contributed by atoms with Crippen LogP contribution in [-0.2, 0) is 39.5 Å². The largest absolute Gasteiger partial charge is 0.492 e. The first-order valence-electron chi connectivity index (χ1n) is 14.0. The molecule has 1 aliphatic heterocycles. The predicted molar refractivity (Wildman–Crippen MR) is 161 cm³/mol. The topological polar surface area (TPSA) is 151 Å². The summed E-state index contributed by atoms with van der Waals surface area (Å²) in [5.41, 5.74) is 3.38.